The molecular formula is C18H26N2O. The van der Waals surface area contributed by atoms with Crippen LogP contribution in [0.2, 0.25) is 0 Å². The second-order valence-electron chi connectivity index (χ2n) is 6.71. The Morgan fingerprint density at radius 2 is 2.14 bits per heavy atom. The molecule has 0 aromatic heterocycles. The van der Waals surface area contributed by atoms with Crippen LogP contribution in [-0.4, -0.2) is 18.5 Å². The quantitative estimate of drug-likeness (QED) is 0.866. The number of benzene rings is 1. The van der Waals surface area contributed by atoms with E-state index < -0.39 is 0 Å². The summed E-state index contributed by atoms with van der Waals surface area (Å²) in [6, 6.07) is 6.38. The van der Waals surface area contributed by atoms with Crippen molar-refractivity contribution in [1.29, 1.82) is 0 Å². The first kappa shape index (κ1) is 14.4. The van der Waals surface area contributed by atoms with Gasteiger partial charge in [-0.1, -0.05) is 13.3 Å². The molecule has 2 saturated carbocycles. The molecule has 2 fully saturated rings. The molecule has 2 aliphatic rings. The van der Waals surface area contributed by atoms with Gasteiger partial charge in [-0.15, -0.1) is 0 Å². The Kier molecular flexibility index (Phi) is 4.18. The maximum absolute atomic E-state index is 12.4. The molecule has 2 bridgehead atoms. The summed E-state index contributed by atoms with van der Waals surface area (Å²) in [5.41, 5.74) is 3.06. The van der Waals surface area contributed by atoms with E-state index >= 15 is 0 Å². The van der Waals surface area contributed by atoms with Gasteiger partial charge in [0.2, 0.25) is 0 Å². The van der Waals surface area contributed by atoms with Gasteiger partial charge < -0.3 is 10.6 Å². The second-order valence-corrected chi connectivity index (χ2v) is 6.71. The summed E-state index contributed by atoms with van der Waals surface area (Å²) >= 11 is 0. The Hall–Kier alpha value is -1.51. The van der Waals surface area contributed by atoms with E-state index in [-0.39, 0.29) is 5.91 Å². The molecular weight excluding hydrogens is 260 g/mol. The van der Waals surface area contributed by atoms with Crippen molar-refractivity contribution in [3.05, 3.63) is 29.3 Å². The van der Waals surface area contributed by atoms with Crippen LogP contribution in [0.1, 0.15) is 54.9 Å². The highest BCUT2D eigenvalue weighted by atomic mass is 16.1. The lowest BCUT2D eigenvalue weighted by atomic mass is 9.95. The number of amides is 1. The van der Waals surface area contributed by atoms with E-state index in [1.54, 1.807) is 0 Å². The first-order chi connectivity index (χ1) is 10.2. The lowest BCUT2D eigenvalue weighted by Crippen LogP contribution is -2.38. The van der Waals surface area contributed by atoms with Crippen molar-refractivity contribution in [3.8, 4) is 0 Å². The fraction of sp³-hybridized carbons (Fsp3) is 0.611. The summed E-state index contributed by atoms with van der Waals surface area (Å²) in [7, 11) is 0. The number of aryl methyl sites for hydroxylation is 1. The van der Waals surface area contributed by atoms with Crippen LogP contribution in [0.5, 0.6) is 0 Å². The predicted molar refractivity (Wildman–Crippen MR) is 86.7 cm³/mol. The molecule has 0 aliphatic heterocycles. The van der Waals surface area contributed by atoms with Gasteiger partial charge in [0, 0.05) is 23.8 Å². The molecule has 3 heteroatoms. The highest BCUT2D eigenvalue weighted by Gasteiger charge is 2.40. The average Bonchev–Trinajstić information content (AvgIpc) is 3.08. The van der Waals surface area contributed by atoms with E-state index in [9.17, 15) is 4.79 Å². The largest absolute Gasteiger partial charge is 0.385 e. The number of anilines is 1. The Morgan fingerprint density at radius 1 is 1.29 bits per heavy atom. The number of carbonyl (C=O) groups is 1. The Bertz CT molecular complexity index is 526. The molecule has 2 N–H and O–H groups in total. The summed E-state index contributed by atoms with van der Waals surface area (Å²) in [6.45, 7) is 5.18. The summed E-state index contributed by atoms with van der Waals surface area (Å²) in [4.78, 5) is 12.4. The van der Waals surface area contributed by atoms with E-state index in [0.29, 0.717) is 6.04 Å². The molecule has 0 radical (unpaired) electrons. The molecule has 3 atom stereocenters. The van der Waals surface area contributed by atoms with Gasteiger partial charge in [-0.2, -0.15) is 0 Å². The zero-order valence-electron chi connectivity index (χ0n) is 13.1. The van der Waals surface area contributed by atoms with E-state index in [4.69, 9.17) is 0 Å². The second kappa shape index (κ2) is 6.08. The molecule has 3 unspecified atom stereocenters. The van der Waals surface area contributed by atoms with Crippen molar-refractivity contribution in [2.75, 3.05) is 11.9 Å². The third-order valence-electron chi connectivity index (χ3n) is 5.11. The SMILES string of the molecule is CCCNc1ccc(C(=O)NC2CC3CCC2C3)cc1C. The number of nitrogens with one attached hydrogen (secondary N) is 2. The van der Waals surface area contributed by atoms with Crippen LogP contribution in [-0.2, 0) is 0 Å². The monoisotopic (exact) mass is 286 g/mol. The molecule has 0 spiro atoms. The normalized spacial score (nSPS) is 26.9. The first-order valence-corrected chi connectivity index (χ1v) is 8.32. The van der Waals surface area contributed by atoms with Crippen molar-refractivity contribution in [3.63, 3.8) is 0 Å². The molecule has 0 heterocycles. The van der Waals surface area contributed by atoms with Gasteiger partial charge >= 0.3 is 0 Å². The van der Waals surface area contributed by atoms with Crippen LogP contribution < -0.4 is 10.6 Å². The minimum Gasteiger partial charge on any atom is -0.385 e. The zero-order chi connectivity index (χ0) is 14.8. The van der Waals surface area contributed by atoms with Gasteiger partial charge in [-0.05, 0) is 68.2 Å². The number of rotatable bonds is 5. The highest BCUT2D eigenvalue weighted by molar-refractivity contribution is 5.95. The Labute approximate surface area is 127 Å². The minimum atomic E-state index is 0.0951. The number of fused-ring (bicyclic) bond motifs is 2. The fourth-order valence-corrected chi connectivity index (χ4v) is 3.94. The lowest BCUT2D eigenvalue weighted by molar-refractivity contribution is 0.0923. The van der Waals surface area contributed by atoms with Crippen molar-refractivity contribution in [1.82, 2.24) is 5.32 Å². The average molecular weight is 286 g/mol. The standard InChI is InChI=1S/C18H26N2O/c1-3-8-19-16-7-6-15(9-12(16)2)18(21)20-17-11-13-4-5-14(17)10-13/h6-7,9,13-14,17,19H,3-5,8,10-11H2,1-2H3,(H,20,21). The maximum atomic E-state index is 12.4. The molecule has 3 nitrogen and oxygen atoms in total. The van der Waals surface area contributed by atoms with Crippen molar-refractivity contribution in [2.24, 2.45) is 11.8 Å². The molecule has 1 aromatic rings. The third-order valence-corrected chi connectivity index (χ3v) is 5.11. The van der Waals surface area contributed by atoms with E-state index in [1.807, 2.05) is 18.2 Å². The smallest absolute Gasteiger partial charge is 0.251 e. The van der Waals surface area contributed by atoms with Gasteiger partial charge in [-0.25, -0.2) is 0 Å². The first-order valence-electron chi connectivity index (χ1n) is 8.32. The Morgan fingerprint density at radius 3 is 2.76 bits per heavy atom. The fourth-order valence-electron chi connectivity index (χ4n) is 3.94. The van der Waals surface area contributed by atoms with Gasteiger partial charge in [0.25, 0.3) is 5.91 Å². The van der Waals surface area contributed by atoms with Crippen LogP contribution in [0.15, 0.2) is 18.2 Å². The van der Waals surface area contributed by atoms with Crippen LogP contribution in [0, 0.1) is 18.8 Å². The number of hydrogen-bond donors (Lipinski definition) is 2. The van der Waals surface area contributed by atoms with Crippen LogP contribution in [0.3, 0.4) is 0 Å². The van der Waals surface area contributed by atoms with Crippen LogP contribution >= 0.6 is 0 Å². The predicted octanol–water partition coefficient (Wildman–Crippen LogP) is 3.74. The molecule has 0 saturated heterocycles. The molecule has 1 aromatic carbocycles. The molecule has 1 amide bonds. The molecule has 21 heavy (non-hydrogen) atoms. The Balaban J connectivity index is 1.63. The number of carbonyl (C=O) groups excluding carboxylic acids is 1. The van der Waals surface area contributed by atoms with Crippen molar-refractivity contribution < 1.29 is 4.79 Å². The van der Waals surface area contributed by atoms with E-state index in [2.05, 4.69) is 24.5 Å². The highest BCUT2D eigenvalue weighted by Crippen LogP contribution is 2.44. The maximum Gasteiger partial charge on any atom is 0.251 e. The van der Waals surface area contributed by atoms with Crippen LogP contribution in [0.4, 0.5) is 5.69 Å². The van der Waals surface area contributed by atoms with Gasteiger partial charge in [0.15, 0.2) is 0 Å². The molecule has 2 aliphatic carbocycles. The summed E-state index contributed by atoms with van der Waals surface area (Å²) in [6.07, 6.45) is 6.28. The zero-order valence-corrected chi connectivity index (χ0v) is 13.1. The molecule has 114 valence electrons. The summed E-state index contributed by atoms with van der Waals surface area (Å²) in [5.74, 6) is 1.69. The van der Waals surface area contributed by atoms with Gasteiger partial charge in [0.05, 0.1) is 0 Å². The van der Waals surface area contributed by atoms with E-state index in [0.717, 1.165) is 41.6 Å². The number of hydrogen-bond acceptors (Lipinski definition) is 2. The van der Waals surface area contributed by atoms with Gasteiger partial charge in [0.1, 0.15) is 0 Å². The van der Waals surface area contributed by atoms with Gasteiger partial charge in [-0.3, -0.25) is 4.79 Å². The third kappa shape index (κ3) is 3.07. The van der Waals surface area contributed by atoms with Crippen molar-refractivity contribution in [2.45, 2.75) is 52.0 Å². The van der Waals surface area contributed by atoms with E-state index in [1.165, 1.54) is 25.7 Å². The lowest BCUT2D eigenvalue weighted by Gasteiger charge is -2.23. The van der Waals surface area contributed by atoms with Crippen molar-refractivity contribution >= 4 is 11.6 Å². The molecule has 3 rings (SSSR count). The van der Waals surface area contributed by atoms with Crippen LogP contribution in [0.25, 0.3) is 0 Å². The topological polar surface area (TPSA) is 41.1 Å². The summed E-state index contributed by atoms with van der Waals surface area (Å²) < 4.78 is 0. The summed E-state index contributed by atoms with van der Waals surface area (Å²) in [5, 5.41) is 6.65. The minimum absolute atomic E-state index is 0.0951.